The van der Waals surface area contributed by atoms with Gasteiger partial charge < -0.3 is 5.73 Å². The SMILES string of the molecule is Cc1cccc(N)c1NS(=O)(=O)N1CCCCCC1. The fraction of sp³-hybridized carbons (Fsp3) is 0.538. The second-order valence-corrected chi connectivity index (χ2v) is 6.63. The highest BCUT2D eigenvalue weighted by molar-refractivity contribution is 7.90. The zero-order valence-corrected chi connectivity index (χ0v) is 12.0. The van der Waals surface area contributed by atoms with E-state index < -0.39 is 10.2 Å². The molecule has 0 unspecified atom stereocenters. The Bertz CT molecular complexity index is 515. The Labute approximate surface area is 115 Å². The van der Waals surface area contributed by atoms with Crippen LogP contribution in [0, 0.1) is 6.92 Å². The fourth-order valence-corrected chi connectivity index (χ4v) is 3.71. The molecule has 0 atom stereocenters. The van der Waals surface area contributed by atoms with Gasteiger partial charge in [0.25, 0.3) is 0 Å². The van der Waals surface area contributed by atoms with Crippen LogP contribution in [0.5, 0.6) is 0 Å². The minimum atomic E-state index is -3.50. The van der Waals surface area contributed by atoms with Crippen molar-refractivity contribution >= 4 is 21.6 Å². The summed E-state index contributed by atoms with van der Waals surface area (Å²) in [7, 11) is -3.50. The van der Waals surface area contributed by atoms with Crippen molar-refractivity contribution < 1.29 is 8.42 Å². The second-order valence-electron chi connectivity index (χ2n) is 4.96. The molecule has 6 heteroatoms. The van der Waals surface area contributed by atoms with Gasteiger partial charge in [0.15, 0.2) is 0 Å². The Morgan fingerprint density at radius 1 is 1.16 bits per heavy atom. The van der Waals surface area contributed by atoms with E-state index in [1.165, 1.54) is 4.31 Å². The van der Waals surface area contributed by atoms with Gasteiger partial charge in [-0.15, -0.1) is 0 Å². The zero-order valence-electron chi connectivity index (χ0n) is 11.2. The van der Waals surface area contributed by atoms with E-state index >= 15 is 0 Å². The summed E-state index contributed by atoms with van der Waals surface area (Å²) >= 11 is 0. The molecular formula is C13H21N3O2S. The zero-order chi connectivity index (χ0) is 13.9. The van der Waals surface area contributed by atoms with Gasteiger partial charge in [-0.3, -0.25) is 4.72 Å². The Hall–Kier alpha value is -1.27. The van der Waals surface area contributed by atoms with E-state index in [9.17, 15) is 8.42 Å². The quantitative estimate of drug-likeness (QED) is 0.834. The van der Waals surface area contributed by atoms with Crippen molar-refractivity contribution in [1.29, 1.82) is 0 Å². The molecule has 1 aliphatic rings. The average molecular weight is 283 g/mol. The molecule has 0 amide bonds. The van der Waals surface area contributed by atoms with Crippen molar-refractivity contribution in [3.63, 3.8) is 0 Å². The number of benzene rings is 1. The van der Waals surface area contributed by atoms with Gasteiger partial charge in [-0.05, 0) is 31.4 Å². The van der Waals surface area contributed by atoms with Crippen molar-refractivity contribution in [3.8, 4) is 0 Å². The molecule has 1 heterocycles. The number of nitrogen functional groups attached to an aromatic ring is 1. The number of nitrogens with one attached hydrogen (secondary N) is 1. The van der Waals surface area contributed by atoms with Gasteiger partial charge in [-0.2, -0.15) is 12.7 Å². The van der Waals surface area contributed by atoms with Crippen LogP contribution < -0.4 is 10.5 Å². The van der Waals surface area contributed by atoms with Crippen molar-refractivity contribution in [1.82, 2.24) is 4.31 Å². The molecule has 106 valence electrons. The summed E-state index contributed by atoms with van der Waals surface area (Å²) in [5.41, 5.74) is 7.62. The number of anilines is 2. The van der Waals surface area contributed by atoms with Gasteiger partial charge in [0, 0.05) is 13.1 Å². The molecule has 1 saturated heterocycles. The van der Waals surface area contributed by atoms with Gasteiger partial charge in [0.05, 0.1) is 11.4 Å². The Kier molecular flexibility index (Phi) is 4.31. The predicted octanol–water partition coefficient (Wildman–Crippen LogP) is 2.11. The molecule has 3 N–H and O–H groups in total. The van der Waals surface area contributed by atoms with Crippen LogP contribution in [0.2, 0.25) is 0 Å². The van der Waals surface area contributed by atoms with Crippen LogP contribution in [-0.2, 0) is 10.2 Å². The molecule has 19 heavy (non-hydrogen) atoms. The van der Waals surface area contributed by atoms with Crippen LogP contribution in [0.25, 0.3) is 0 Å². The molecule has 0 bridgehead atoms. The maximum atomic E-state index is 12.4. The van der Waals surface area contributed by atoms with E-state index in [0.717, 1.165) is 31.2 Å². The van der Waals surface area contributed by atoms with Crippen molar-refractivity contribution in [3.05, 3.63) is 23.8 Å². The summed E-state index contributed by atoms with van der Waals surface area (Å²) in [4.78, 5) is 0. The smallest absolute Gasteiger partial charge is 0.301 e. The van der Waals surface area contributed by atoms with E-state index in [-0.39, 0.29) is 0 Å². The number of hydrogen-bond acceptors (Lipinski definition) is 3. The predicted molar refractivity (Wildman–Crippen MR) is 78.2 cm³/mol. The highest BCUT2D eigenvalue weighted by Gasteiger charge is 2.23. The summed E-state index contributed by atoms with van der Waals surface area (Å²) in [5, 5.41) is 0. The number of aryl methyl sites for hydroxylation is 1. The molecule has 0 aromatic heterocycles. The molecule has 1 aromatic rings. The molecule has 1 aliphatic heterocycles. The van der Waals surface area contributed by atoms with Gasteiger partial charge >= 0.3 is 10.2 Å². The maximum Gasteiger partial charge on any atom is 0.301 e. The number of nitrogens with zero attached hydrogens (tertiary/aromatic N) is 1. The number of nitrogens with two attached hydrogens (primary N) is 1. The number of rotatable bonds is 3. The van der Waals surface area contributed by atoms with Crippen LogP contribution in [-0.4, -0.2) is 25.8 Å². The Morgan fingerprint density at radius 3 is 2.37 bits per heavy atom. The Morgan fingerprint density at radius 2 is 1.79 bits per heavy atom. The first-order chi connectivity index (χ1) is 9.00. The van der Waals surface area contributed by atoms with E-state index in [2.05, 4.69) is 4.72 Å². The van der Waals surface area contributed by atoms with Crippen LogP contribution in [0.3, 0.4) is 0 Å². The third-order valence-electron chi connectivity index (χ3n) is 3.44. The summed E-state index contributed by atoms with van der Waals surface area (Å²) in [6.07, 6.45) is 4.03. The van der Waals surface area contributed by atoms with Crippen molar-refractivity contribution in [2.75, 3.05) is 23.5 Å². The van der Waals surface area contributed by atoms with Gasteiger partial charge in [0.1, 0.15) is 0 Å². The van der Waals surface area contributed by atoms with Crippen LogP contribution in [0.15, 0.2) is 18.2 Å². The number of hydrogen-bond donors (Lipinski definition) is 2. The molecule has 0 saturated carbocycles. The summed E-state index contributed by atoms with van der Waals surface area (Å²) < 4.78 is 28.9. The lowest BCUT2D eigenvalue weighted by molar-refractivity contribution is 0.427. The first kappa shape index (κ1) is 14.1. The highest BCUT2D eigenvalue weighted by atomic mass is 32.2. The monoisotopic (exact) mass is 283 g/mol. The molecule has 0 aliphatic carbocycles. The molecule has 5 nitrogen and oxygen atoms in total. The lowest BCUT2D eigenvalue weighted by Gasteiger charge is -2.22. The lowest BCUT2D eigenvalue weighted by Crippen LogP contribution is -2.36. The third-order valence-corrected chi connectivity index (χ3v) is 4.95. The first-order valence-electron chi connectivity index (χ1n) is 6.64. The topological polar surface area (TPSA) is 75.4 Å². The second kappa shape index (κ2) is 5.79. The maximum absolute atomic E-state index is 12.4. The molecule has 2 rings (SSSR count). The van der Waals surface area contributed by atoms with Gasteiger partial charge in [-0.1, -0.05) is 25.0 Å². The lowest BCUT2D eigenvalue weighted by atomic mass is 10.2. The fourth-order valence-electron chi connectivity index (χ4n) is 2.31. The normalized spacial score (nSPS) is 17.9. The van der Waals surface area contributed by atoms with E-state index in [1.807, 2.05) is 19.1 Å². The summed E-state index contributed by atoms with van der Waals surface area (Å²) in [5.74, 6) is 0. The minimum Gasteiger partial charge on any atom is -0.397 e. The van der Waals surface area contributed by atoms with E-state index in [1.54, 1.807) is 6.07 Å². The van der Waals surface area contributed by atoms with E-state index in [0.29, 0.717) is 24.5 Å². The summed E-state index contributed by atoms with van der Waals surface area (Å²) in [6, 6.07) is 5.36. The summed E-state index contributed by atoms with van der Waals surface area (Å²) in [6.45, 7) is 3.01. The highest BCUT2D eigenvalue weighted by Crippen LogP contribution is 2.25. The van der Waals surface area contributed by atoms with Crippen LogP contribution >= 0.6 is 0 Å². The van der Waals surface area contributed by atoms with Crippen molar-refractivity contribution in [2.24, 2.45) is 0 Å². The Balaban J connectivity index is 2.20. The van der Waals surface area contributed by atoms with Crippen LogP contribution in [0.1, 0.15) is 31.2 Å². The van der Waals surface area contributed by atoms with E-state index in [4.69, 9.17) is 5.73 Å². The standard InChI is InChI=1S/C13H21N3O2S/c1-11-7-6-8-12(14)13(11)15-19(17,18)16-9-4-2-3-5-10-16/h6-8,15H,2-5,9-10,14H2,1H3. The number of para-hydroxylation sites is 1. The molecule has 1 aromatic carbocycles. The molecular weight excluding hydrogens is 262 g/mol. The molecule has 0 radical (unpaired) electrons. The first-order valence-corrected chi connectivity index (χ1v) is 8.08. The van der Waals surface area contributed by atoms with Gasteiger partial charge in [0.2, 0.25) is 0 Å². The van der Waals surface area contributed by atoms with Crippen LogP contribution in [0.4, 0.5) is 11.4 Å². The average Bonchev–Trinajstić information content (AvgIpc) is 2.63. The largest absolute Gasteiger partial charge is 0.397 e. The van der Waals surface area contributed by atoms with Gasteiger partial charge in [-0.25, -0.2) is 0 Å². The third kappa shape index (κ3) is 3.39. The molecule has 1 fully saturated rings. The molecule has 0 spiro atoms. The van der Waals surface area contributed by atoms with Crippen molar-refractivity contribution in [2.45, 2.75) is 32.6 Å². The minimum absolute atomic E-state index is 0.457.